The Morgan fingerprint density at radius 3 is 2.90 bits per heavy atom. The van der Waals surface area contributed by atoms with Crippen molar-refractivity contribution in [3.63, 3.8) is 0 Å². The van der Waals surface area contributed by atoms with E-state index in [0.29, 0.717) is 11.7 Å². The zero-order valence-electron chi connectivity index (χ0n) is 12.1. The molecule has 0 saturated carbocycles. The molecule has 1 N–H and O–H groups in total. The molecule has 0 radical (unpaired) electrons. The van der Waals surface area contributed by atoms with Gasteiger partial charge < -0.3 is 5.32 Å². The van der Waals surface area contributed by atoms with Gasteiger partial charge >= 0.3 is 0 Å². The first-order valence-electron chi connectivity index (χ1n) is 7.14. The lowest BCUT2D eigenvalue weighted by Crippen LogP contribution is -2.42. The molecule has 2 nitrogen and oxygen atoms in total. The van der Waals surface area contributed by atoms with Gasteiger partial charge in [-0.15, -0.1) is 0 Å². The average Bonchev–Trinajstić information content (AvgIpc) is 2.43. The third-order valence-electron chi connectivity index (χ3n) is 3.76. The molecule has 1 heterocycles. The van der Waals surface area contributed by atoms with E-state index in [0.717, 1.165) is 32.5 Å². The largest absolute Gasteiger partial charge is 0.381 e. The Morgan fingerprint density at radius 1 is 1.40 bits per heavy atom. The van der Waals surface area contributed by atoms with Crippen LogP contribution in [0.5, 0.6) is 0 Å². The van der Waals surface area contributed by atoms with Crippen molar-refractivity contribution in [3.8, 4) is 0 Å². The Balaban J connectivity index is 1.93. The molecular formula is C16H22F2N2. The maximum absolute atomic E-state index is 13.2. The van der Waals surface area contributed by atoms with Crippen molar-refractivity contribution in [2.75, 3.05) is 25.0 Å². The van der Waals surface area contributed by atoms with E-state index in [4.69, 9.17) is 0 Å². The van der Waals surface area contributed by atoms with Crippen molar-refractivity contribution in [2.24, 2.45) is 0 Å². The Morgan fingerprint density at radius 2 is 2.20 bits per heavy atom. The fourth-order valence-corrected chi connectivity index (χ4v) is 2.58. The van der Waals surface area contributed by atoms with Gasteiger partial charge in [0.1, 0.15) is 0 Å². The summed E-state index contributed by atoms with van der Waals surface area (Å²) in [5.41, 5.74) is 2.01. The Kier molecular flexibility index (Phi) is 5.12. The first kappa shape index (κ1) is 15.0. The van der Waals surface area contributed by atoms with Gasteiger partial charge in [0.2, 0.25) is 0 Å². The SMILES string of the molecule is C/C=C(\C)CN1CCC[C@H](Nc2ccc(F)c(F)c2)C1. The fraction of sp³-hybridized carbons (Fsp3) is 0.500. The van der Waals surface area contributed by atoms with Crippen LogP contribution in [0.2, 0.25) is 0 Å². The van der Waals surface area contributed by atoms with Crippen molar-refractivity contribution in [3.05, 3.63) is 41.5 Å². The third-order valence-corrected chi connectivity index (χ3v) is 3.76. The molecule has 1 saturated heterocycles. The number of nitrogens with one attached hydrogen (secondary N) is 1. The van der Waals surface area contributed by atoms with Crippen LogP contribution in [-0.4, -0.2) is 30.6 Å². The highest BCUT2D eigenvalue weighted by Crippen LogP contribution is 2.19. The van der Waals surface area contributed by atoms with E-state index in [1.807, 2.05) is 0 Å². The molecule has 0 spiro atoms. The highest BCUT2D eigenvalue weighted by molar-refractivity contribution is 5.44. The minimum absolute atomic E-state index is 0.290. The monoisotopic (exact) mass is 280 g/mol. The van der Waals surface area contributed by atoms with Crippen molar-refractivity contribution in [2.45, 2.75) is 32.7 Å². The van der Waals surface area contributed by atoms with Crippen LogP contribution in [0.1, 0.15) is 26.7 Å². The van der Waals surface area contributed by atoms with Crippen LogP contribution in [0, 0.1) is 11.6 Å². The van der Waals surface area contributed by atoms with Gasteiger partial charge in [0.25, 0.3) is 0 Å². The summed E-state index contributed by atoms with van der Waals surface area (Å²) in [6.07, 6.45) is 4.31. The van der Waals surface area contributed by atoms with Gasteiger partial charge in [-0.25, -0.2) is 8.78 Å². The Hall–Kier alpha value is -1.42. The molecule has 110 valence electrons. The highest BCUT2D eigenvalue weighted by Gasteiger charge is 2.19. The van der Waals surface area contributed by atoms with E-state index in [2.05, 4.69) is 30.1 Å². The number of benzene rings is 1. The molecule has 1 aliphatic heterocycles. The first-order chi connectivity index (χ1) is 9.58. The summed E-state index contributed by atoms with van der Waals surface area (Å²) in [7, 11) is 0. The second-order valence-corrected chi connectivity index (χ2v) is 5.48. The number of anilines is 1. The maximum Gasteiger partial charge on any atom is 0.160 e. The number of likely N-dealkylation sites (tertiary alicyclic amines) is 1. The zero-order valence-corrected chi connectivity index (χ0v) is 12.1. The molecule has 0 aliphatic carbocycles. The summed E-state index contributed by atoms with van der Waals surface area (Å²) in [5.74, 6) is -1.60. The van der Waals surface area contributed by atoms with Crippen LogP contribution in [0.4, 0.5) is 14.5 Å². The number of rotatable bonds is 4. The van der Waals surface area contributed by atoms with E-state index in [9.17, 15) is 8.78 Å². The smallest absolute Gasteiger partial charge is 0.160 e. The third kappa shape index (κ3) is 4.04. The van der Waals surface area contributed by atoms with Crippen molar-refractivity contribution >= 4 is 5.69 Å². The first-order valence-corrected chi connectivity index (χ1v) is 7.14. The molecule has 0 unspecified atom stereocenters. The van der Waals surface area contributed by atoms with Crippen LogP contribution in [0.25, 0.3) is 0 Å². The molecule has 1 aromatic rings. The topological polar surface area (TPSA) is 15.3 Å². The van der Waals surface area contributed by atoms with Crippen LogP contribution in [-0.2, 0) is 0 Å². The quantitative estimate of drug-likeness (QED) is 0.844. The molecule has 4 heteroatoms. The lowest BCUT2D eigenvalue weighted by atomic mass is 10.0. The van der Waals surface area contributed by atoms with E-state index in [-0.39, 0.29) is 0 Å². The summed E-state index contributed by atoms with van der Waals surface area (Å²) in [6.45, 7) is 7.19. The van der Waals surface area contributed by atoms with Crippen LogP contribution in [0.3, 0.4) is 0 Å². The predicted octanol–water partition coefficient (Wildman–Crippen LogP) is 3.81. The summed E-state index contributed by atoms with van der Waals surface area (Å²) >= 11 is 0. The zero-order chi connectivity index (χ0) is 14.5. The Bertz CT molecular complexity index is 485. The number of hydrogen-bond donors (Lipinski definition) is 1. The molecule has 0 amide bonds. The summed E-state index contributed by atoms with van der Waals surface area (Å²) in [5, 5.41) is 3.30. The molecule has 1 aromatic carbocycles. The van der Waals surface area contributed by atoms with Crippen molar-refractivity contribution in [1.82, 2.24) is 4.90 Å². The molecule has 0 aromatic heterocycles. The minimum Gasteiger partial charge on any atom is -0.381 e. The Labute approximate surface area is 119 Å². The molecule has 1 atom stereocenters. The number of hydrogen-bond acceptors (Lipinski definition) is 2. The predicted molar refractivity (Wildman–Crippen MR) is 78.9 cm³/mol. The van der Waals surface area contributed by atoms with Crippen LogP contribution < -0.4 is 5.32 Å². The summed E-state index contributed by atoms with van der Waals surface area (Å²) in [4.78, 5) is 2.40. The molecule has 2 rings (SSSR count). The standard InChI is InChI=1S/C16H22F2N2/c1-3-12(2)10-20-8-4-5-14(11-20)19-13-6-7-15(17)16(18)9-13/h3,6-7,9,14,19H,4-5,8,10-11H2,1-2H3/b12-3+/t14-/m0/s1. The highest BCUT2D eigenvalue weighted by atomic mass is 19.2. The molecule has 1 aliphatic rings. The van der Waals surface area contributed by atoms with E-state index in [1.54, 1.807) is 6.07 Å². The molecule has 0 bridgehead atoms. The van der Waals surface area contributed by atoms with Gasteiger partial charge in [-0.2, -0.15) is 0 Å². The normalized spacial score (nSPS) is 21.0. The second kappa shape index (κ2) is 6.84. The van der Waals surface area contributed by atoms with Gasteiger partial charge in [-0.3, -0.25) is 4.90 Å². The van der Waals surface area contributed by atoms with Crippen molar-refractivity contribution < 1.29 is 8.78 Å². The number of piperidine rings is 1. The van der Waals surface area contributed by atoms with E-state index >= 15 is 0 Å². The average molecular weight is 280 g/mol. The fourth-order valence-electron chi connectivity index (χ4n) is 2.58. The summed E-state index contributed by atoms with van der Waals surface area (Å²) < 4.78 is 26.1. The second-order valence-electron chi connectivity index (χ2n) is 5.48. The number of halogens is 2. The molecule has 20 heavy (non-hydrogen) atoms. The number of nitrogens with zero attached hydrogens (tertiary/aromatic N) is 1. The maximum atomic E-state index is 13.2. The van der Waals surface area contributed by atoms with Gasteiger partial charge in [0, 0.05) is 30.9 Å². The lowest BCUT2D eigenvalue weighted by molar-refractivity contribution is 0.232. The lowest BCUT2D eigenvalue weighted by Gasteiger charge is -2.33. The molecule has 1 fully saturated rings. The molecular weight excluding hydrogens is 258 g/mol. The minimum atomic E-state index is -0.801. The summed E-state index contributed by atoms with van der Waals surface area (Å²) in [6, 6.07) is 4.28. The van der Waals surface area contributed by atoms with E-state index in [1.165, 1.54) is 17.7 Å². The van der Waals surface area contributed by atoms with Crippen LogP contribution in [0.15, 0.2) is 29.8 Å². The van der Waals surface area contributed by atoms with Gasteiger partial charge in [0.05, 0.1) is 0 Å². The van der Waals surface area contributed by atoms with Gasteiger partial charge in [-0.05, 0) is 45.4 Å². The van der Waals surface area contributed by atoms with E-state index < -0.39 is 11.6 Å². The number of allylic oxidation sites excluding steroid dienone is 1. The van der Waals surface area contributed by atoms with Crippen LogP contribution >= 0.6 is 0 Å². The van der Waals surface area contributed by atoms with Gasteiger partial charge in [0.15, 0.2) is 11.6 Å². The van der Waals surface area contributed by atoms with Gasteiger partial charge in [-0.1, -0.05) is 11.6 Å². The van der Waals surface area contributed by atoms with Crippen molar-refractivity contribution in [1.29, 1.82) is 0 Å².